The molecule has 21 heavy (non-hydrogen) atoms. The van der Waals surface area contributed by atoms with Crippen molar-refractivity contribution in [2.45, 2.75) is 12.2 Å². The van der Waals surface area contributed by atoms with Gasteiger partial charge in [-0.2, -0.15) is 0 Å². The molecule has 0 spiro atoms. The van der Waals surface area contributed by atoms with Gasteiger partial charge in [-0.1, -0.05) is 36.4 Å². The highest BCUT2D eigenvalue weighted by Gasteiger charge is 2.09. The van der Waals surface area contributed by atoms with Gasteiger partial charge in [0.2, 0.25) is 0 Å². The average molecular weight is 334 g/mol. The number of aromatic nitrogens is 1. The summed E-state index contributed by atoms with van der Waals surface area (Å²) in [5.74, 6) is 1.24. The van der Waals surface area contributed by atoms with E-state index in [2.05, 4.69) is 28.6 Å². The third-order valence-electron chi connectivity index (χ3n) is 3.05. The van der Waals surface area contributed by atoms with Crippen LogP contribution in [0.15, 0.2) is 53.2 Å². The molecule has 0 aliphatic heterocycles. The van der Waals surface area contributed by atoms with E-state index in [-0.39, 0.29) is 0 Å². The first-order valence-electron chi connectivity index (χ1n) is 6.68. The standard InChI is InChI=1S/C16H15NOS3/c18-21(10-8-13-5-2-1-3-6-13)12-14-11-20-16(17-14)15-7-4-9-19-15/h1-7,9,11H,8,10,12H2/t21-/m0/s1. The van der Waals surface area contributed by atoms with Crippen LogP contribution < -0.4 is 0 Å². The van der Waals surface area contributed by atoms with E-state index in [1.807, 2.05) is 29.6 Å². The molecule has 1 aromatic carbocycles. The van der Waals surface area contributed by atoms with Crippen molar-refractivity contribution < 1.29 is 4.21 Å². The molecule has 108 valence electrons. The summed E-state index contributed by atoms with van der Waals surface area (Å²) in [6.07, 6.45) is 0.857. The Morgan fingerprint density at radius 2 is 1.90 bits per heavy atom. The van der Waals surface area contributed by atoms with Crippen LogP contribution in [-0.4, -0.2) is 14.9 Å². The summed E-state index contributed by atoms with van der Waals surface area (Å²) in [6, 6.07) is 14.3. The molecule has 0 unspecified atom stereocenters. The smallest absolute Gasteiger partial charge is 0.133 e. The van der Waals surface area contributed by atoms with Crippen LogP contribution in [0.4, 0.5) is 0 Å². The minimum absolute atomic E-state index is 0.550. The molecule has 0 fully saturated rings. The lowest BCUT2D eigenvalue weighted by atomic mass is 10.2. The first-order valence-corrected chi connectivity index (χ1v) is 9.93. The SMILES string of the molecule is O=[S@@](CCc1ccccc1)Cc1csc(-c2cccs2)n1. The number of nitrogens with zero attached hydrogens (tertiary/aromatic N) is 1. The molecule has 2 nitrogen and oxygen atoms in total. The fraction of sp³-hybridized carbons (Fsp3) is 0.188. The molecular formula is C16H15NOS3. The number of thiophene rings is 1. The fourth-order valence-corrected chi connectivity index (χ4v) is 4.83. The summed E-state index contributed by atoms with van der Waals surface area (Å²) < 4.78 is 12.2. The number of hydrogen-bond acceptors (Lipinski definition) is 4. The predicted octanol–water partition coefficient (Wildman–Crippen LogP) is 4.36. The molecule has 0 amide bonds. The molecule has 0 aliphatic carbocycles. The van der Waals surface area contributed by atoms with Crippen molar-refractivity contribution in [2.75, 3.05) is 5.75 Å². The Hall–Kier alpha value is -1.30. The maximum Gasteiger partial charge on any atom is 0.133 e. The van der Waals surface area contributed by atoms with Crippen molar-refractivity contribution in [3.8, 4) is 9.88 Å². The van der Waals surface area contributed by atoms with Gasteiger partial charge >= 0.3 is 0 Å². The largest absolute Gasteiger partial charge is 0.259 e. The summed E-state index contributed by atoms with van der Waals surface area (Å²) in [7, 11) is -0.857. The van der Waals surface area contributed by atoms with E-state index in [4.69, 9.17) is 0 Å². The van der Waals surface area contributed by atoms with Gasteiger partial charge in [-0.05, 0) is 23.4 Å². The number of hydrogen-bond donors (Lipinski definition) is 0. The molecule has 1 atom stereocenters. The zero-order chi connectivity index (χ0) is 14.5. The van der Waals surface area contributed by atoms with E-state index in [1.54, 1.807) is 22.7 Å². The lowest BCUT2D eigenvalue weighted by molar-refractivity contribution is 0.681. The molecule has 0 saturated carbocycles. The summed E-state index contributed by atoms with van der Waals surface area (Å²) in [4.78, 5) is 5.77. The highest BCUT2D eigenvalue weighted by molar-refractivity contribution is 7.84. The fourth-order valence-electron chi connectivity index (χ4n) is 2.00. The number of benzene rings is 1. The Kier molecular flexibility index (Phi) is 4.95. The molecule has 5 heteroatoms. The average Bonchev–Trinajstić information content (AvgIpc) is 3.17. The van der Waals surface area contributed by atoms with Gasteiger partial charge in [0.25, 0.3) is 0 Å². The number of aryl methyl sites for hydroxylation is 1. The highest BCUT2D eigenvalue weighted by atomic mass is 32.2. The van der Waals surface area contributed by atoms with Crippen molar-refractivity contribution in [3.05, 3.63) is 64.5 Å². The highest BCUT2D eigenvalue weighted by Crippen LogP contribution is 2.28. The van der Waals surface area contributed by atoms with Crippen LogP contribution in [-0.2, 0) is 23.0 Å². The van der Waals surface area contributed by atoms with E-state index in [9.17, 15) is 4.21 Å². The Morgan fingerprint density at radius 1 is 1.05 bits per heavy atom. The summed E-state index contributed by atoms with van der Waals surface area (Å²) in [5, 5.41) is 5.10. The maximum absolute atomic E-state index is 12.2. The first kappa shape index (κ1) is 14.6. The second-order valence-electron chi connectivity index (χ2n) is 4.65. The molecule has 0 saturated heterocycles. The molecule has 2 heterocycles. The van der Waals surface area contributed by atoms with Gasteiger partial charge in [0.15, 0.2) is 0 Å². The minimum atomic E-state index is -0.857. The van der Waals surface area contributed by atoms with Gasteiger partial charge in [-0.25, -0.2) is 4.98 Å². The minimum Gasteiger partial charge on any atom is -0.259 e. The van der Waals surface area contributed by atoms with Gasteiger partial charge in [0.05, 0.1) is 16.3 Å². The third-order valence-corrected chi connectivity index (χ3v) is 6.26. The molecule has 2 aromatic heterocycles. The zero-order valence-electron chi connectivity index (χ0n) is 11.4. The van der Waals surface area contributed by atoms with E-state index in [0.29, 0.717) is 11.5 Å². The topological polar surface area (TPSA) is 30.0 Å². The van der Waals surface area contributed by atoms with Crippen molar-refractivity contribution in [1.82, 2.24) is 4.98 Å². The van der Waals surface area contributed by atoms with Crippen LogP contribution in [0.25, 0.3) is 9.88 Å². The van der Waals surface area contributed by atoms with Crippen molar-refractivity contribution in [2.24, 2.45) is 0 Å². The van der Waals surface area contributed by atoms with Gasteiger partial charge in [0.1, 0.15) is 5.01 Å². The van der Waals surface area contributed by atoms with Crippen LogP contribution in [0.5, 0.6) is 0 Å². The maximum atomic E-state index is 12.2. The third kappa shape index (κ3) is 4.09. The summed E-state index contributed by atoms with van der Waals surface area (Å²) in [6.45, 7) is 0. The normalized spacial score (nSPS) is 12.4. The van der Waals surface area contributed by atoms with Gasteiger partial charge in [-0.3, -0.25) is 4.21 Å². The molecule has 0 bridgehead atoms. The summed E-state index contributed by atoms with van der Waals surface area (Å²) >= 11 is 3.32. The number of thiazole rings is 1. The number of rotatable bonds is 6. The van der Waals surface area contributed by atoms with Crippen LogP contribution in [0.1, 0.15) is 11.3 Å². The van der Waals surface area contributed by atoms with E-state index in [1.165, 1.54) is 10.4 Å². The Bertz CT molecular complexity index is 704. The summed E-state index contributed by atoms with van der Waals surface area (Å²) in [5.41, 5.74) is 2.18. The lowest BCUT2D eigenvalue weighted by Crippen LogP contribution is -2.04. The molecule has 0 N–H and O–H groups in total. The van der Waals surface area contributed by atoms with Gasteiger partial charge in [-0.15, -0.1) is 22.7 Å². The molecule has 3 rings (SSSR count). The van der Waals surface area contributed by atoms with E-state index >= 15 is 0 Å². The van der Waals surface area contributed by atoms with Crippen molar-refractivity contribution in [1.29, 1.82) is 0 Å². The van der Waals surface area contributed by atoms with E-state index in [0.717, 1.165) is 17.1 Å². The molecule has 0 aliphatic rings. The Balaban J connectivity index is 1.55. The quantitative estimate of drug-likeness (QED) is 0.671. The Morgan fingerprint density at radius 3 is 2.67 bits per heavy atom. The van der Waals surface area contributed by atoms with Crippen LogP contribution in [0.3, 0.4) is 0 Å². The van der Waals surface area contributed by atoms with Gasteiger partial charge < -0.3 is 0 Å². The predicted molar refractivity (Wildman–Crippen MR) is 92.3 cm³/mol. The second kappa shape index (κ2) is 7.11. The van der Waals surface area contributed by atoms with Crippen molar-refractivity contribution >= 4 is 33.5 Å². The second-order valence-corrected chi connectivity index (χ2v) is 8.03. The Labute approximate surface area is 135 Å². The monoisotopic (exact) mass is 333 g/mol. The van der Waals surface area contributed by atoms with Gasteiger partial charge in [0, 0.05) is 21.9 Å². The molecule has 3 aromatic rings. The van der Waals surface area contributed by atoms with Crippen molar-refractivity contribution in [3.63, 3.8) is 0 Å². The zero-order valence-corrected chi connectivity index (χ0v) is 13.8. The van der Waals surface area contributed by atoms with Crippen LogP contribution >= 0.6 is 22.7 Å². The molecular weight excluding hydrogens is 318 g/mol. The first-order chi connectivity index (χ1) is 10.3. The molecule has 0 radical (unpaired) electrons. The van der Waals surface area contributed by atoms with Crippen LogP contribution in [0, 0.1) is 0 Å². The van der Waals surface area contributed by atoms with Crippen LogP contribution in [0.2, 0.25) is 0 Å². The lowest BCUT2D eigenvalue weighted by Gasteiger charge is -2.01. The van der Waals surface area contributed by atoms with E-state index < -0.39 is 10.8 Å².